The standard InChI is InChI=1S/C22H29N5O3/c1-13(2)10-27-20(28)18-19(24(5)22(27)29)23-21-25(11-15(4)12-26(18)21)16-9-14(3)7-8-17(16)30-6/h7-9,13,15H,10-12H2,1-6H3/t15-/m1/s1. The van der Waals surface area contributed by atoms with Crippen molar-refractivity contribution in [2.45, 2.75) is 40.8 Å². The largest absolute Gasteiger partial charge is 0.495 e. The van der Waals surface area contributed by atoms with Gasteiger partial charge in [0.15, 0.2) is 11.2 Å². The van der Waals surface area contributed by atoms with Gasteiger partial charge in [0.05, 0.1) is 12.8 Å². The average molecular weight is 412 g/mol. The van der Waals surface area contributed by atoms with Gasteiger partial charge in [-0.25, -0.2) is 4.79 Å². The third-order valence-electron chi connectivity index (χ3n) is 5.62. The fourth-order valence-electron chi connectivity index (χ4n) is 4.24. The molecule has 160 valence electrons. The van der Waals surface area contributed by atoms with E-state index in [4.69, 9.17) is 9.72 Å². The first kappa shape index (κ1) is 20.3. The van der Waals surface area contributed by atoms with Crippen LogP contribution in [-0.2, 0) is 20.1 Å². The van der Waals surface area contributed by atoms with Gasteiger partial charge >= 0.3 is 5.69 Å². The molecule has 2 aromatic heterocycles. The van der Waals surface area contributed by atoms with E-state index < -0.39 is 0 Å². The van der Waals surface area contributed by atoms with Gasteiger partial charge in [-0.3, -0.25) is 13.9 Å². The number of rotatable bonds is 4. The summed E-state index contributed by atoms with van der Waals surface area (Å²) >= 11 is 0. The third-order valence-corrected chi connectivity index (χ3v) is 5.62. The van der Waals surface area contributed by atoms with E-state index >= 15 is 0 Å². The highest BCUT2D eigenvalue weighted by Gasteiger charge is 2.31. The lowest BCUT2D eigenvalue weighted by Gasteiger charge is -2.33. The molecule has 0 saturated carbocycles. The molecule has 0 spiro atoms. The highest BCUT2D eigenvalue weighted by Crippen LogP contribution is 2.38. The minimum absolute atomic E-state index is 0.184. The van der Waals surface area contributed by atoms with Crippen LogP contribution in [0.3, 0.4) is 0 Å². The van der Waals surface area contributed by atoms with Gasteiger partial charge in [0, 0.05) is 26.7 Å². The Morgan fingerprint density at radius 3 is 2.63 bits per heavy atom. The molecule has 0 amide bonds. The van der Waals surface area contributed by atoms with E-state index in [1.807, 2.05) is 37.5 Å². The van der Waals surface area contributed by atoms with Crippen molar-refractivity contribution < 1.29 is 4.74 Å². The van der Waals surface area contributed by atoms with Crippen molar-refractivity contribution in [2.24, 2.45) is 18.9 Å². The van der Waals surface area contributed by atoms with Crippen LogP contribution in [0.5, 0.6) is 5.75 Å². The predicted octanol–water partition coefficient (Wildman–Crippen LogP) is 2.66. The molecule has 1 aliphatic rings. The number of hydrogen-bond donors (Lipinski definition) is 0. The Bertz CT molecular complexity index is 1230. The maximum absolute atomic E-state index is 13.3. The molecule has 0 unspecified atom stereocenters. The van der Waals surface area contributed by atoms with Gasteiger partial charge in [0.25, 0.3) is 5.56 Å². The molecule has 0 N–H and O–H groups in total. The van der Waals surface area contributed by atoms with Crippen LogP contribution in [0.2, 0.25) is 0 Å². The maximum atomic E-state index is 13.3. The Morgan fingerprint density at radius 1 is 1.23 bits per heavy atom. The summed E-state index contributed by atoms with van der Waals surface area (Å²) in [4.78, 5) is 33.1. The maximum Gasteiger partial charge on any atom is 0.332 e. The number of aryl methyl sites for hydroxylation is 2. The first-order chi connectivity index (χ1) is 14.2. The molecule has 0 radical (unpaired) electrons. The first-order valence-electron chi connectivity index (χ1n) is 10.3. The Morgan fingerprint density at radius 2 is 1.97 bits per heavy atom. The second-order valence-electron chi connectivity index (χ2n) is 8.74. The highest BCUT2D eigenvalue weighted by atomic mass is 16.5. The monoisotopic (exact) mass is 411 g/mol. The third kappa shape index (κ3) is 3.11. The van der Waals surface area contributed by atoms with Crippen LogP contribution < -0.4 is 20.9 Å². The molecule has 0 fully saturated rings. The highest BCUT2D eigenvalue weighted by molar-refractivity contribution is 5.78. The predicted molar refractivity (Wildman–Crippen MR) is 118 cm³/mol. The van der Waals surface area contributed by atoms with Crippen molar-refractivity contribution in [3.05, 3.63) is 44.6 Å². The molecule has 3 aromatic rings. The van der Waals surface area contributed by atoms with Crippen molar-refractivity contribution in [2.75, 3.05) is 18.6 Å². The minimum atomic E-state index is -0.329. The molecule has 1 aromatic carbocycles. The van der Waals surface area contributed by atoms with Crippen LogP contribution in [0, 0.1) is 18.8 Å². The number of ether oxygens (including phenoxy) is 1. The van der Waals surface area contributed by atoms with Crippen molar-refractivity contribution >= 4 is 22.8 Å². The average Bonchev–Trinajstić information content (AvgIpc) is 3.08. The number of methoxy groups -OCH3 is 1. The van der Waals surface area contributed by atoms with Crippen LogP contribution in [0.4, 0.5) is 11.6 Å². The molecule has 1 aliphatic heterocycles. The summed E-state index contributed by atoms with van der Waals surface area (Å²) in [5, 5.41) is 0. The van der Waals surface area contributed by atoms with Gasteiger partial charge < -0.3 is 14.2 Å². The number of anilines is 2. The number of aromatic nitrogens is 4. The second kappa shape index (κ2) is 7.34. The van der Waals surface area contributed by atoms with Crippen molar-refractivity contribution in [1.82, 2.24) is 18.7 Å². The van der Waals surface area contributed by atoms with E-state index in [0.717, 1.165) is 23.5 Å². The van der Waals surface area contributed by atoms with Gasteiger partial charge in [0.2, 0.25) is 5.95 Å². The van der Waals surface area contributed by atoms with Crippen LogP contribution in [-0.4, -0.2) is 32.3 Å². The van der Waals surface area contributed by atoms with E-state index in [1.165, 1.54) is 9.13 Å². The zero-order valence-corrected chi connectivity index (χ0v) is 18.5. The molecular weight excluding hydrogens is 382 g/mol. The summed E-state index contributed by atoms with van der Waals surface area (Å²) in [7, 11) is 3.33. The van der Waals surface area contributed by atoms with Gasteiger partial charge in [-0.1, -0.05) is 26.8 Å². The summed E-state index contributed by atoms with van der Waals surface area (Å²) < 4.78 is 10.4. The normalized spacial score (nSPS) is 16.4. The summed E-state index contributed by atoms with van der Waals surface area (Å²) in [6, 6.07) is 6.02. The lowest BCUT2D eigenvalue weighted by Crippen LogP contribution is -2.41. The van der Waals surface area contributed by atoms with Crippen molar-refractivity contribution in [3.63, 3.8) is 0 Å². The van der Waals surface area contributed by atoms with Gasteiger partial charge in [0.1, 0.15) is 5.75 Å². The summed E-state index contributed by atoms with van der Waals surface area (Å²) in [6.07, 6.45) is 0. The minimum Gasteiger partial charge on any atom is -0.495 e. The molecule has 0 saturated heterocycles. The van der Waals surface area contributed by atoms with Gasteiger partial charge in [-0.05, 0) is 36.5 Å². The van der Waals surface area contributed by atoms with E-state index in [0.29, 0.717) is 30.2 Å². The van der Waals surface area contributed by atoms with Crippen molar-refractivity contribution in [1.29, 1.82) is 0 Å². The number of benzene rings is 1. The SMILES string of the molecule is COc1ccc(C)cc1N1C[C@@H](C)Cn2c1nc1c2c(=O)n(CC(C)C)c(=O)n1C. The zero-order valence-electron chi connectivity index (χ0n) is 18.5. The summed E-state index contributed by atoms with van der Waals surface area (Å²) in [5.41, 5.74) is 2.32. The number of imidazole rings is 1. The molecule has 8 heteroatoms. The molecule has 0 aliphatic carbocycles. The topological polar surface area (TPSA) is 74.3 Å². The fraction of sp³-hybridized carbons (Fsp3) is 0.500. The van der Waals surface area contributed by atoms with Crippen LogP contribution in [0.1, 0.15) is 26.3 Å². The Kier molecular flexibility index (Phi) is 4.95. The number of hydrogen-bond acceptors (Lipinski definition) is 5. The summed E-state index contributed by atoms with van der Waals surface area (Å²) in [5.74, 6) is 1.89. The van der Waals surface area contributed by atoms with Crippen LogP contribution >= 0.6 is 0 Å². The zero-order chi connectivity index (χ0) is 21.7. The molecule has 30 heavy (non-hydrogen) atoms. The number of fused-ring (bicyclic) bond motifs is 3. The van der Waals surface area contributed by atoms with E-state index in [1.54, 1.807) is 14.2 Å². The molecule has 1 atom stereocenters. The molecule has 8 nitrogen and oxygen atoms in total. The molecule has 3 heterocycles. The molecule has 0 bridgehead atoms. The van der Waals surface area contributed by atoms with Gasteiger partial charge in [-0.15, -0.1) is 0 Å². The Labute approximate surface area is 175 Å². The van der Waals surface area contributed by atoms with E-state index in [-0.39, 0.29) is 23.1 Å². The van der Waals surface area contributed by atoms with Gasteiger partial charge in [-0.2, -0.15) is 4.98 Å². The molecule has 4 rings (SSSR count). The van der Waals surface area contributed by atoms with Crippen LogP contribution in [0.15, 0.2) is 27.8 Å². The second-order valence-corrected chi connectivity index (χ2v) is 8.74. The number of nitrogens with zero attached hydrogens (tertiary/aromatic N) is 5. The quantitative estimate of drug-likeness (QED) is 0.660. The first-order valence-corrected chi connectivity index (χ1v) is 10.3. The van der Waals surface area contributed by atoms with Crippen molar-refractivity contribution in [3.8, 4) is 5.75 Å². The smallest absolute Gasteiger partial charge is 0.332 e. The lowest BCUT2D eigenvalue weighted by molar-refractivity contribution is 0.409. The fourth-order valence-corrected chi connectivity index (χ4v) is 4.24. The Hall–Kier alpha value is -3.03. The van der Waals surface area contributed by atoms with E-state index in [2.05, 4.69) is 17.9 Å². The van der Waals surface area contributed by atoms with Crippen LogP contribution in [0.25, 0.3) is 11.2 Å². The Balaban J connectivity index is 2.02. The lowest BCUT2D eigenvalue weighted by atomic mass is 10.1. The molecular formula is C22H29N5O3. The van der Waals surface area contributed by atoms with E-state index in [9.17, 15) is 9.59 Å². The summed E-state index contributed by atoms with van der Waals surface area (Å²) in [6.45, 7) is 9.98.